The van der Waals surface area contributed by atoms with E-state index in [1.807, 2.05) is 11.7 Å². The van der Waals surface area contributed by atoms with E-state index in [2.05, 4.69) is 44.4 Å². The van der Waals surface area contributed by atoms with Crippen LogP contribution in [0, 0.1) is 12.8 Å². The fourth-order valence-corrected chi connectivity index (χ4v) is 2.68. The largest absolute Gasteiger partial charge is 0.313 e. The summed E-state index contributed by atoms with van der Waals surface area (Å²) >= 11 is 0. The topological polar surface area (TPSA) is 29.9 Å². The molecule has 2 unspecified atom stereocenters. The third kappa shape index (κ3) is 4.13. The molecule has 1 N–H and O–H groups in total. The molecule has 0 fully saturated rings. The average molecular weight is 251 g/mol. The smallest absolute Gasteiger partial charge is 0.0641 e. The Labute approximate surface area is 112 Å². The summed E-state index contributed by atoms with van der Waals surface area (Å²) in [5.74, 6) is 0.821. The Morgan fingerprint density at radius 3 is 2.56 bits per heavy atom. The van der Waals surface area contributed by atoms with Gasteiger partial charge in [-0.3, -0.25) is 4.68 Å². The fourth-order valence-electron chi connectivity index (χ4n) is 2.68. The zero-order valence-electron chi connectivity index (χ0n) is 12.7. The minimum Gasteiger partial charge on any atom is -0.313 e. The van der Waals surface area contributed by atoms with Crippen molar-refractivity contribution in [1.82, 2.24) is 15.1 Å². The fraction of sp³-hybridized carbons (Fsp3) is 0.800. The number of hydrogen-bond acceptors (Lipinski definition) is 2. The Morgan fingerprint density at radius 2 is 2.11 bits per heavy atom. The maximum Gasteiger partial charge on any atom is 0.0641 e. The molecular weight excluding hydrogens is 222 g/mol. The van der Waals surface area contributed by atoms with Gasteiger partial charge in [-0.05, 0) is 26.3 Å². The number of nitrogens with one attached hydrogen (secondary N) is 1. The summed E-state index contributed by atoms with van der Waals surface area (Å²) < 4.78 is 1.92. The van der Waals surface area contributed by atoms with E-state index in [9.17, 15) is 0 Å². The van der Waals surface area contributed by atoms with Gasteiger partial charge in [0.25, 0.3) is 0 Å². The van der Waals surface area contributed by atoms with E-state index in [1.165, 1.54) is 37.7 Å². The maximum absolute atomic E-state index is 4.45. The molecule has 0 aliphatic rings. The first kappa shape index (κ1) is 15.2. The van der Waals surface area contributed by atoms with Gasteiger partial charge in [-0.2, -0.15) is 5.10 Å². The molecule has 3 nitrogen and oxygen atoms in total. The van der Waals surface area contributed by atoms with Gasteiger partial charge in [0.1, 0.15) is 0 Å². The molecule has 18 heavy (non-hydrogen) atoms. The van der Waals surface area contributed by atoms with E-state index < -0.39 is 0 Å². The highest BCUT2D eigenvalue weighted by atomic mass is 15.3. The highest BCUT2D eigenvalue weighted by Gasteiger charge is 2.18. The molecule has 0 aliphatic carbocycles. The molecule has 0 spiro atoms. The minimum absolute atomic E-state index is 0.445. The molecule has 1 aromatic heterocycles. The summed E-state index contributed by atoms with van der Waals surface area (Å²) in [5, 5.41) is 7.91. The molecular formula is C15H29N3. The van der Waals surface area contributed by atoms with Crippen molar-refractivity contribution < 1.29 is 0 Å². The molecule has 0 bridgehead atoms. The first-order valence-electron chi connectivity index (χ1n) is 7.29. The standard InChI is InChI=1S/C15H29N3/c1-6-8-9-13(7-2)10-15(16-4)14-11-18(5)17-12(14)3/h11,13,15-16H,6-10H2,1-5H3. The maximum atomic E-state index is 4.45. The number of hydrogen-bond donors (Lipinski definition) is 1. The van der Waals surface area contributed by atoms with Gasteiger partial charge < -0.3 is 5.32 Å². The van der Waals surface area contributed by atoms with Gasteiger partial charge >= 0.3 is 0 Å². The van der Waals surface area contributed by atoms with Crippen LogP contribution in [0.1, 0.15) is 63.3 Å². The summed E-state index contributed by atoms with van der Waals surface area (Å²) in [6, 6.07) is 0.445. The lowest BCUT2D eigenvalue weighted by Gasteiger charge is -2.22. The normalized spacial score (nSPS) is 14.7. The molecule has 1 aromatic rings. The van der Waals surface area contributed by atoms with Crippen molar-refractivity contribution in [3.63, 3.8) is 0 Å². The molecule has 0 saturated heterocycles. The van der Waals surface area contributed by atoms with Crippen molar-refractivity contribution in [3.05, 3.63) is 17.5 Å². The van der Waals surface area contributed by atoms with E-state index in [4.69, 9.17) is 0 Å². The van der Waals surface area contributed by atoms with Crippen molar-refractivity contribution in [2.24, 2.45) is 13.0 Å². The van der Waals surface area contributed by atoms with Crippen LogP contribution in [0.25, 0.3) is 0 Å². The van der Waals surface area contributed by atoms with Gasteiger partial charge in [0.15, 0.2) is 0 Å². The molecule has 1 rings (SSSR count). The lowest BCUT2D eigenvalue weighted by molar-refractivity contribution is 0.364. The molecule has 0 aliphatic heterocycles. The van der Waals surface area contributed by atoms with Gasteiger partial charge in [-0.15, -0.1) is 0 Å². The Morgan fingerprint density at radius 1 is 1.39 bits per heavy atom. The van der Waals surface area contributed by atoms with Crippen molar-refractivity contribution in [2.45, 2.75) is 58.9 Å². The predicted molar refractivity (Wildman–Crippen MR) is 77.7 cm³/mol. The van der Waals surface area contributed by atoms with E-state index in [0.717, 1.165) is 11.6 Å². The van der Waals surface area contributed by atoms with Crippen LogP contribution in [0.4, 0.5) is 0 Å². The predicted octanol–water partition coefficient (Wildman–Crippen LogP) is 3.60. The van der Waals surface area contributed by atoms with Crippen LogP contribution < -0.4 is 5.32 Å². The number of rotatable bonds is 8. The van der Waals surface area contributed by atoms with Crippen LogP contribution in [0.3, 0.4) is 0 Å². The Balaban J connectivity index is 2.68. The molecule has 3 heteroatoms. The van der Waals surface area contributed by atoms with Gasteiger partial charge in [0.2, 0.25) is 0 Å². The zero-order valence-corrected chi connectivity index (χ0v) is 12.7. The zero-order chi connectivity index (χ0) is 13.5. The van der Waals surface area contributed by atoms with Crippen LogP contribution in [-0.2, 0) is 7.05 Å². The second kappa shape index (κ2) is 7.57. The van der Waals surface area contributed by atoms with Gasteiger partial charge in [0, 0.05) is 24.8 Å². The number of aromatic nitrogens is 2. The highest BCUT2D eigenvalue weighted by Crippen LogP contribution is 2.27. The van der Waals surface area contributed by atoms with Gasteiger partial charge in [-0.25, -0.2) is 0 Å². The summed E-state index contributed by atoms with van der Waals surface area (Å²) in [5.41, 5.74) is 2.51. The molecule has 1 heterocycles. The third-order valence-corrected chi connectivity index (χ3v) is 3.89. The SMILES string of the molecule is CCCCC(CC)CC(NC)c1cn(C)nc1C. The first-order chi connectivity index (χ1) is 8.62. The Bertz CT molecular complexity index is 344. The summed E-state index contributed by atoms with van der Waals surface area (Å²) in [6.45, 7) is 6.68. The quantitative estimate of drug-likeness (QED) is 0.765. The summed E-state index contributed by atoms with van der Waals surface area (Å²) in [6.07, 6.45) is 8.65. The van der Waals surface area contributed by atoms with Crippen molar-refractivity contribution in [2.75, 3.05) is 7.05 Å². The van der Waals surface area contributed by atoms with Crippen molar-refractivity contribution in [3.8, 4) is 0 Å². The molecule has 2 atom stereocenters. The molecule has 104 valence electrons. The second-order valence-corrected chi connectivity index (χ2v) is 5.34. The monoisotopic (exact) mass is 251 g/mol. The van der Waals surface area contributed by atoms with Crippen LogP contribution in [-0.4, -0.2) is 16.8 Å². The van der Waals surface area contributed by atoms with E-state index in [0.29, 0.717) is 6.04 Å². The number of nitrogens with zero attached hydrogens (tertiary/aromatic N) is 2. The first-order valence-corrected chi connectivity index (χ1v) is 7.29. The third-order valence-electron chi connectivity index (χ3n) is 3.89. The van der Waals surface area contributed by atoms with Crippen LogP contribution in [0.15, 0.2) is 6.20 Å². The van der Waals surface area contributed by atoms with E-state index in [-0.39, 0.29) is 0 Å². The van der Waals surface area contributed by atoms with Gasteiger partial charge in [0.05, 0.1) is 5.69 Å². The Hall–Kier alpha value is -0.830. The second-order valence-electron chi connectivity index (χ2n) is 5.34. The van der Waals surface area contributed by atoms with Crippen LogP contribution in [0.5, 0.6) is 0 Å². The number of unbranched alkanes of at least 4 members (excludes halogenated alkanes) is 1. The van der Waals surface area contributed by atoms with Crippen molar-refractivity contribution in [1.29, 1.82) is 0 Å². The minimum atomic E-state index is 0.445. The van der Waals surface area contributed by atoms with Gasteiger partial charge in [-0.1, -0.05) is 39.5 Å². The average Bonchev–Trinajstić information content (AvgIpc) is 2.69. The van der Waals surface area contributed by atoms with E-state index in [1.54, 1.807) is 0 Å². The van der Waals surface area contributed by atoms with E-state index >= 15 is 0 Å². The van der Waals surface area contributed by atoms with Crippen LogP contribution >= 0.6 is 0 Å². The lowest BCUT2D eigenvalue weighted by Crippen LogP contribution is -2.20. The lowest BCUT2D eigenvalue weighted by atomic mass is 9.89. The number of aryl methyl sites for hydroxylation is 2. The molecule has 0 amide bonds. The molecule has 0 radical (unpaired) electrons. The summed E-state index contributed by atoms with van der Waals surface area (Å²) in [7, 11) is 4.06. The molecule has 0 aromatic carbocycles. The van der Waals surface area contributed by atoms with Crippen molar-refractivity contribution >= 4 is 0 Å². The van der Waals surface area contributed by atoms with Crippen LogP contribution in [0.2, 0.25) is 0 Å². The molecule has 0 saturated carbocycles. The summed E-state index contributed by atoms with van der Waals surface area (Å²) in [4.78, 5) is 0. The highest BCUT2D eigenvalue weighted by molar-refractivity contribution is 5.20. The Kier molecular flexibility index (Phi) is 6.41.